The van der Waals surface area contributed by atoms with Crippen molar-refractivity contribution in [1.82, 2.24) is 0 Å². The van der Waals surface area contributed by atoms with Crippen LogP contribution in [-0.2, 0) is 14.2 Å². The van der Waals surface area contributed by atoms with Crippen LogP contribution in [0.3, 0.4) is 0 Å². The molecule has 0 radical (unpaired) electrons. The van der Waals surface area contributed by atoms with Crippen molar-refractivity contribution in [3.05, 3.63) is 0 Å². The molecule has 6 heteroatoms. The van der Waals surface area contributed by atoms with Crippen molar-refractivity contribution in [3.8, 4) is 18.2 Å². The number of ether oxygens (including phenoxy) is 3. The van der Waals surface area contributed by atoms with Crippen LogP contribution in [0.4, 0.5) is 0 Å². The van der Waals surface area contributed by atoms with E-state index < -0.39 is 0 Å². The highest BCUT2D eigenvalue weighted by Gasteiger charge is 2.09. The molecule has 0 amide bonds. The highest BCUT2D eigenvalue weighted by Crippen LogP contribution is 1.96. The molecule has 0 aliphatic heterocycles. The molecule has 0 aromatic rings. The summed E-state index contributed by atoms with van der Waals surface area (Å²) >= 11 is 0. The monoisotopic (exact) mass is 223 g/mol. The third-order valence-corrected chi connectivity index (χ3v) is 1.51. The summed E-state index contributed by atoms with van der Waals surface area (Å²) in [6.45, 7) is 0.675. The van der Waals surface area contributed by atoms with E-state index in [1.165, 1.54) is 0 Å². The maximum atomic E-state index is 8.33. The van der Waals surface area contributed by atoms with Gasteiger partial charge >= 0.3 is 0 Å². The largest absolute Gasteiger partial charge is 0.372 e. The third-order valence-electron chi connectivity index (χ3n) is 1.51. The van der Waals surface area contributed by atoms with E-state index in [0.29, 0.717) is 0 Å². The topological polar surface area (TPSA) is 99.1 Å². The zero-order valence-corrected chi connectivity index (χ0v) is 8.89. The van der Waals surface area contributed by atoms with E-state index in [1.54, 1.807) is 0 Å². The molecule has 0 rings (SSSR count). The van der Waals surface area contributed by atoms with Gasteiger partial charge in [-0.25, -0.2) is 0 Å². The Bertz CT molecular complexity index is 240. The molecule has 0 atom stereocenters. The van der Waals surface area contributed by atoms with E-state index in [4.69, 9.17) is 30.0 Å². The summed E-state index contributed by atoms with van der Waals surface area (Å²) in [5.41, 5.74) is 0. The molecule has 0 spiro atoms. The van der Waals surface area contributed by atoms with Gasteiger partial charge in [0.25, 0.3) is 0 Å². The third kappa shape index (κ3) is 8.93. The van der Waals surface area contributed by atoms with Gasteiger partial charge < -0.3 is 14.2 Å². The van der Waals surface area contributed by atoms with Crippen molar-refractivity contribution < 1.29 is 14.2 Å². The van der Waals surface area contributed by atoms with Gasteiger partial charge in [-0.3, -0.25) is 0 Å². The maximum absolute atomic E-state index is 8.33. The minimum Gasteiger partial charge on any atom is -0.372 e. The first-order valence-electron chi connectivity index (χ1n) is 4.73. The van der Waals surface area contributed by atoms with Crippen LogP contribution in [0.15, 0.2) is 0 Å². The second-order valence-corrected chi connectivity index (χ2v) is 2.75. The Morgan fingerprint density at radius 3 is 1.88 bits per heavy atom. The van der Waals surface area contributed by atoms with Crippen LogP contribution < -0.4 is 0 Å². The summed E-state index contributed by atoms with van der Waals surface area (Å²) in [7, 11) is 0. The van der Waals surface area contributed by atoms with Crippen molar-refractivity contribution in [2.75, 3.05) is 33.0 Å². The number of nitriles is 3. The zero-order valence-electron chi connectivity index (χ0n) is 8.89. The van der Waals surface area contributed by atoms with Crippen LogP contribution in [0.1, 0.15) is 6.42 Å². The predicted octanol–water partition coefficient (Wildman–Crippen LogP) is 0.366. The molecule has 86 valence electrons. The van der Waals surface area contributed by atoms with Crippen molar-refractivity contribution in [3.63, 3.8) is 0 Å². The average Bonchev–Trinajstić information content (AvgIpc) is 2.29. The van der Waals surface area contributed by atoms with Gasteiger partial charge in [0, 0.05) is 0 Å². The molecule has 0 fully saturated rings. The summed E-state index contributed by atoms with van der Waals surface area (Å²) in [6, 6.07) is 5.61. The van der Waals surface area contributed by atoms with Crippen LogP contribution in [0.5, 0.6) is 0 Å². The second kappa shape index (κ2) is 11.4. The highest BCUT2D eigenvalue weighted by atomic mass is 16.6. The van der Waals surface area contributed by atoms with Crippen molar-refractivity contribution >= 4 is 0 Å². The Kier molecular flexibility index (Phi) is 10.2. The quantitative estimate of drug-likeness (QED) is 0.523. The van der Waals surface area contributed by atoms with E-state index in [1.807, 2.05) is 18.2 Å². The SMILES string of the molecule is N#CCCOC(COCC#N)COCC#N. The van der Waals surface area contributed by atoms with Crippen LogP contribution in [0.2, 0.25) is 0 Å². The molecule has 0 aromatic carbocycles. The lowest BCUT2D eigenvalue weighted by atomic mass is 10.4. The molecule has 0 aromatic heterocycles. The maximum Gasteiger partial charge on any atom is 0.133 e. The first-order chi connectivity index (χ1) is 7.85. The fourth-order valence-electron chi connectivity index (χ4n) is 0.888. The number of rotatable bonds is 9. The molecule has 0 heterocycles. The normalized spacial score (nSPS) is 9.38. The number of nitrogens with zero attached hydrogens (tertiary/aromatic N) is 3. The summed E-state index contributed by atoms with van der Waals surface area (Å²) in [5, 5.41) is 24.9. The predicted molar refractivity (Wildman–Crippen MR) is 52.8 cm³/mol. The highest BCUT2D eigenvalue weighted by molar-refractivity contribution is 4.71. The molecule has 0 N–H and O–H groups in total. The van der Waals surface area contributed by atoms with Gasteiger partial charge in [-0.05, 0) is 0 Å². The van der Waals surface area contributed by atoms with Gasteiger partial charge in [0.1, 0.15) is 19.3 Å². The zero-order chi connectivity index (χ0) is 12.1. The molecule has 16 heavy (non-hydrogen) atoms. The van der Waals surface area contributed by atoms with E-state index in [-0.39, 0.29) is 45.6 Å². The van der Waals surface area contributed by atoms with E-state index in [9.17, 15) is 0 Å². The van der Waals surface area contributed by atoms with Gasteiger partial charge in [0.15, 0.2) is 0 Å². The summed E-state index contributed by atoms with van der Waals surface area (Å²) in [4.78, 5) is 0. The van der Waals surface area contributed by atoms with Crippen LogP contribution in [-0.4, -0.2) is 39.1 Å². The van der Waals surface area contributed by atoms with Crippen LogP contribution in [0.25, 0.3) is 0 Å². The van der Waals surface area contributed by atoms with Crippen molar-refractivity contribution in [2.45, 2.75) is 12.5 Å². The molecule has 6 nitrogen and oxygen atoms in total. The molecule has 0 aliphatic carbocycles. The van der Waals surface area contributed by atoms with E-state index in [2.05, 4.69) is 0 Å². The van der Waals surface area contributed by atoms with Gasteiger partial charge in [-0.15, -0.1) is 0 Å². The Balaban J connectivity index is 3.73. The van der Waals surface area contributed by atoms with Gasteiger partial charge in [-0.1, -0.05) is 0 Å². The summed E-state index contributed by atoms with van der Waals surface area (Å²) in [6.07, 6.45) is -0.0671. The summed E-state index contributed by atoms with van der Waals surface area (Å²) in [5.74, 6) is 0. The Hall–Kier alpha value is -1.65. The Morgan fingerprint density at radius 1 is 0.875 bits per heavy atom. The lowest BCUT2D eigenvalue weighted by Crippen LogP contribution is -2.26. The van der Waals surface area contributed by atoms with E-state index >= 15 is 0 Å². The molecule has 0 bridgehead atoms. The summed E-state index contributed by atoms with van der Waals surface area (Å²) < 4.78 is 15.2. The first kappa shape index (κ1) is 14.3. The van der Waals surface area contributed by atoms with Crippen molar-refractivity contribution in [1.29, 1.82) is 15.8 Å². The van der Waals surface area contributed by atoms with Crippen LogP contribution in [0, 0.1) is 34.0 Å². The molecule has 0 unspecified atom stereocenters. The number of hydrogen-bond acceptors (Lipinski definition) is 6. The molecule has 0 aliphatic rings. The number of hydrogen-bond donors (Lipinski definition) is 0. The standard InChI is InChI=1S/C10H13N3O3/c11-2-1-5-16-10(8-14-6-3-12)9-15-7-4-13/h10H,1,5-9H2. The van der Waals surface area contributed by atoms with Gasteiger partial charge in [0.05, 0.1) is 44.4 Å². The first-order valence-corrected chi connectivity index (χ1v) is 4.73. The van der Waals surface area contributed by atoms with Crippen LogP contribution >= 0.6 is 0 Å². The fraction of sp³-hybridized carbons (Fsp3) is 0.700. The van der Waals surface area contributed by atoms with Crippen molar-refractivity contribution in [2.24, 2.45) is 0 Å². The Morgan fingerprint density at radius 2 is 1.44 bits per heavy atom. The fourth-order valence-corrected chi connectivity index (χ4v) is 0.888. The molecular weight excluding hydrogens is 210 g/mol. The van der Waals surface area contributed by atoms with Gasteiger partial charge in [-0.2, -0.15) is 15.8 Å². The average molecular weight is 223 g/mol. The lowest BCUT2D eigenvalue weighted by molar-refractivity contribution is -0.0491. The minimum absolute atomic E-state index is 0.0175. The lowest BCUT2D eigenvalue weighted by Gasteiger charge is -2.15. The molecule has 0 saturated heterocycles. The van der Waals surface area contributed by atoms with E-state index in [0.717, 1.165) is 0 Å². The second-order valence-electron chi connectivity index (χ2n) is 2.75. The molecule has 0 saturated carbocycles. The smallest absolute Gasteiger partial charge is 0.133 e. The van der Waals surface area contributed by atoms with Gasteiger partial charge in [0.2, 0.25) is 0 Å². The molecular formula is C10H13N3O3. The minimum atomic E-state index is -0.352. The Labute approximate surface area is 94.5 Å².